The molecule has 22 heavy (non-hydrogen) atoms. The summed E-state index contributed by atoms with van der Waals surface area (Å²) in [5.41, 5.74) is 0. The van der Waals surface area contributed by atoms with Crippen molar-refractivity contribution in [2.24, 2.45) is 5.92 Å². The monoisotopic (exact) mass is 313 g/mol. The van der Waals surface area contributed by atoms with Crippen molar-refractivity contribution < 1.29 is 14.3 Å². The van der Waals surface area contributed by atoms with Crippen LogP contribution < -0.4 is 5.32 Å². The van der Waals surface area contributed by atoms with Gasteiger partial charge in [0.1, 0.15) is 6.04 Å². The number of hydrogen-bond donors (Lipinski definition) is 1. The smallest absolute Gasteiger partial charge is 0.329 e. The standard InChI is InChI=1S/C18H35NO3/c1-6-7-8-9-10-11-12-13-16(20)19-17(14(2)3)18(21)22-15(4)5/h14-15,17H,6-13H2,1-5H3,(H,19,20)/t17-/m0/s1. The lowest BCUT2D eigenvalue weighted by Gasteiger charge is -2.22. The number of unbranched alkanes of at least 4 members (excludes halogenated alkanes) is 6. The molecule has 0 aromatic rings. The van der Waals surface area contributed by atoms with Crippen molar-refractivity contribution in [3.63, 3.8) is 0 Å². The van der Waals surface area contributed by atoms with Gasteiger partial charge in [0.05, 0.1) is 6.10 Å². The normalized spacial score (nSPS) is 12.5. The van der Waals surface area contributed by atoms with Crippen LogP contribution in [0.25, 0.3) is 0 Å². The van der Waals surface area contributed by atoms with Gasteiger partial charge >= 0.3 is 5.97 Å². The molecule has 0 saturated heterocycles. The van der Waals surface area contributed by atoms with Crippen LogP contribution in [0, 0.1) is 5.92 Å². The quantitative estimate of drug-likeness (QED) is 0.433. The molecule has 0 aliphatic carbocycles. The molecule has 0 heterocycles. The maximum atomic E-state index is 12.0. The Morgan fingerprint density at radius 1 is 0.909 bits per heavy atom. The summed E-state index contributed by atoms with van der Waals surface area (Å²) < 4.78 is 5.20. The maximum Gasteiger partial charge on any atom is 0.329 e. The number of nitrogens with one attached hydrogen (secondary N) is 1. The van der Waals surface area contributed by atoms with Crippen molar-refractivity contribution in [1.82, 2.24) is 5.32 Å². The minimum absolute atomic E-state index is 0.0317. The molecular formula is C18H35NO3. The summed E-state index contributed by atoms with van der Waals surface area (Å²) in [6, 6.07) is -0.542. The maximum absolute atomic E-state index is 12.0. The van der Waals surface area contributed by atoms with E-state index in [2.05, 4.69) is 12.2 Å². The molecule has 0 spiro atoms. The molecule has 0 aromatic carbocycles. The highest BCUT2D eigenvalue weighted by atomic mass is 16.5. The highest BCUT2D eigenvalue weighted by Crippen LogP contribution is 2.10. The van der Waals surface area contributed by atoms with Gasteiger partial charge < -0.3 is 10.1 Å². The first-order valence-electron chi connectivity index (χ1n) is 8.88. The van der Waals surface area contributed by atoms with Crippen LogP contribution in [0.4, 0.5) is 0 Å². The third-order valence-electron chi connectivity index (χ3n) is 3.60. The van der Waals surface area contributed by atoms with Crippen molar-refractivity contribution >= 4 is 11.9 Å². The van der Waals surface area contributed by atoms with Crippen molar-refractivity contribution in [3.8, 4) is 0 Å². The van der Waals surface area contributed by atoms with Crippen LogP contribution in [0.3, 0.4) is 0 Å². The zero-order valence-corrected chi connectivity index (χ0v) is 15.1. The molecule has 0 rings (SSSR count). The second kappa shape index (κ2) is 12.5. The van der Waals surface area contributed by atoms with Crippen molar-refractivity contribution in [2.45, 2.75) is 98.1 Å². The fourth-order valence-corrected chi connectivity index (χ4v) is 2.29. The topological polar surface area (TPSA) is 55.4 Å². The van der Waals surface area contributed by atoms with Crippen molar-refractivity contribution in [2.75, 3.05) is 0 Å². The molecule has 1 amide bonds. The number of ether oxygens (including phenoxy) is 1. The Labute approximate surface area is 136 Å². The molecule has 4 heteroatoms. The van der Waals surface area contributed by atoms with Gasteiger partial charge in [0.25, 0.3) is 0 Å². The Bertz CT molecular complexity index is 313. The lowest BCUT2D eigenvalue weighted by Crippen LogP contribution is -2.45. The molecule has 0 bridgehead atoms. The van der Waals surface area contributed by atoms with E-state index in [1.807, 2.05) is 27.7 Å². The summed E-state index contributed by atoms with van der Waals surface area (Å²) in [5, 5.41) is 2.82. The van der Waals surface area contributed by atoms with Gasteiger partial charge in [-0.2, -0.15) is 0 Å². The van der Waals surface area contributed by atoms with E-state index in [-0.39, 0.29) is 23.9 Å². The first-order valence-corrected chi connectivity index (χ1v) is 8.88. The zero-order chi connectivity index (χ0) is 17.0. The van der Waals surface area contributed by atoms with Gasteiger partial charge in [-0.05, 0) is 26.2 Å². The summed E-state index contributed by atoms with van der Waals surface area (Å²) in [6.07, 6.45) is 8.60. The van der Waals surface area contributed by atoms with Gasteiger partial charge in [-0.25, -0.2) is 4.79 Å². The zero-order valence-electron chi connectivity index (χ0n) is 15.1. The van der Waals surface area contributed by atoms with Gasteiger partial charge in [-0.1, -0.05) is 59.3 Å². The van der Waals surface area contributed by atoms with E-state index in [4.69, 9.17) is 4.74 Å². The van der Waals surface area contributed by atoms with Gasteiger partial charge in [0.15, 0.2) is 0 Å². The Balaban J connectivity index is 3.96. The van der Waals surface area contributed by atoms with Crippen molar-refractivity contribution in [3.05, 3.63) is 0 Å². The second-order valence-electron chi connectivity index (χ2n) is 6.65. The average molecular weight is 313 g/mol. The van der Waals surface area contributed by atoms with Gasteiger partial charge in [0.2, 0.25) is 5.91 Å². The number of carbonyl (C=O) groups excluding carboxylic acids is 2. The molecule has 1 N–H and O–H groups in total. The van der Waals surface area contributed by atoms with E-state index in [0.29, 0.717) is 6.42 Å². The summed E-state index contributed by atoms with van der Waals surface area (Å²) in [7, 11) is 0. The molecular weight excluding hydrogens is 278 g/mol. The lowest BCUT2D eigenvalue weighted by molar-refractivity contribution is -0.152. The minimum Gasteiger partial charge on any atom is -0.461 e. The average Bonchev–Trinajstić information content (AvgIpc) is 2.42. The van der Waals surface area contributed by atoms with Gasteiger partial charge in [0, 0.05) is 6.42 Å². The fraction of sp³-hybridized carbons (Fsp3) is 0.889. The first-order chi connectivity index (χ1) is 10.4. The summed E-state index contributed by atoms with van der Waals surface area (Å²) >= 11 is 0. The molecule has 4 nitrogen and oxygen atoms in total. The largest absolute Gasteiger partial charge is 0.461 e. The van der Waals surface area contributed by atoms with Gasteiger partial charge in [-0.3, -0.25) is 4.79 Å². The third-order valence-corrected chi connectivity index (χ3v) is 3.60. The van der Waals surface area contributed by atoms with E-state index in [0.717, 1.165) is 12.8 Å². The molecule has 0 unspecified atom stereocenters. The van der Waals surface area contributed by atoms with Crippen LogP contribution in [0.1, 0.15) is 86.0 Å². The molecule has 0 aliphatic rings. The third kappa shape index (κ3) is 10.6. The number of rotatable bonds is 12. The highest BCUT2D eigenvalue weighted by Gasteiger charge is 2.26. The molecule has 0 fully saturated rings. The summed E-state index contributed by atoms with van der Waals surface area (Å²) in [4.78, 5) is 23.9. The van der Waals surface area contributed by atoms with E-state index < -0.39 is 6.04 Å². The second-order valence-corrected chi connectivity index (χ2v) is 6.65. The Morgan fingerprint density at radius 3 is 1.95 bits per heavy atom. The number of esters is 1. The predicted octanol–water partition coefficient (Wildman–Crippen LogP) is 4.22. The van der Waals surface area contributed by atoms with Crippen molar-refractivity contribution in [1.29, 1.82) is 0 Å². The Morgan fingerprint density at radius 2 is 1.45 bits per heavy atom. The molecule has 0 radical (unpaired) electrons. The van der Waals surface area contributed by atoms with E-state index in [1.165, 1.54) is 32.1 Å². The van der Waals surface area contributed by atoms with Crippen LogP contribution in [-0.2, 0) is 14.3 Å². The van der Waals surface area contributed by atoms with Crippen LogP contribution in [-0.4, -0.2) is 24.0 Å². The SMILES string of the molecule is CCCCCCCCCC(=O)N[C@H](C(=O)OC(C)C)C(C)C. The summed E-state index contributed by atoms with van der Waals surface area (Å²) in [5.74, 6) is -0.352. The minimum atomic E-state index is -0.542. The van der Waals surface area contributed by atoms with E-state index in [9.17, 15) is 9.59 Å². The van der Waals surface area contributed by atoms with Crippen LogP contribution in [0.5, 0.6) is 0 Å². The number of hydrogen-bond acceptors (Lipinski definition) is 3. The first kappa shape index (κ1) is 20.9. The molecule has 130 valence electrons. The molecule has 0 aliphatic heterocycles. The van der Waals surface area contributed by atoms with E-state index in [1.54, 1.807) is 0 Å². The lowest BCUT2D eigenvalue weighted by atomic mass is 10.0. The van der Waals surface area contributed by atoms with E-state index >= 15 is 0 Å². The molecule has 0 saturated carbocycles. The molecule has 0 aromatic heterocycles. The number of carbonyl (C=O) groups is 2. The van der Waals surface area contributed by atoms with Crippen LogP contribution >= 0.6 is 0 Å². The number of amides is 1. The Hall–Kier alpha value is -1.06. The Kier molecular flexibility index (Phi) is 11.9. The fourth-order valence-electron chi connectivity index (χ4n) is 2.29. The highest BCUT2D eigenvalue weighted by molar-refractivity contribution is 5.84. The van der Waals surface area contributed by atoms with Crippen LogP contribution in [0.2, 0.25) is 0 Å². The molecule has 1 atom stereocenters. The predicted molar refractivity (Wildman–Crippen MR) is 90.6 cm³/mol. The van der Waals surface area contributed by atoms with Crippen LogP contribution in [0.15, 0.2) is 0 Å². The summed E-state index contributed by atoms with van der Waals surface area (Å²) in [6.45, 7) is 9.67. The van der Waals surface area contributed by atoms with Gasteiger partial charge in [-0.15, -0.1) is 0 Å².